The molecule has 0 bridgehead atoms. The Balaban J connectivity index is 1.97. The van der Waals surface area contributed by atoms with Crippen LogP contribution in [-0.2, 0) is 9.59 Å². The van der Waals surface area contributed by atoms with Crippen LogP contribution >= 0.6 is 0 Å². The molecule has 120 valence electrons. The van der Waals surface area contributed by atoms with Crippen molar-refractivity contribution in [1.29, 1.82) is 0 Å². The van der Waals surface area contributed by atoms with E-state index in [1.54, 1.807) is 0 Å². The highest BCUT2D eigenvalue weighted by Crippen LogP contribution is 2.23. The fourth-order valence-corrected chi connectivity index (χ4v) is 2.64. The Hall–Kier alpha value is -2.04. The van der Waals surface area contributed by atoms with Crippen molar-refractivity contribution in [3.05, 3.63) is 24.3 Å². The number of likely N-dealkylation sites (tertiary alicyclic amines) is 1. The first kappa shape index (κ1) is 16.3. The number of anilines is 2. The molecule has 1 aliphatic heterocycles. The number of carbonyl (C=O) groups excluding carboxylic acids is 2. The lowest BCUT2D eigenvalue weighted by Crippen LogP contribution is -2.35. The number of nitrogens with zero attached hydrogens (tertiary/aromatic N) is 2. The van der Waals surface area contributed by atoms with Crippen molar-refractivity contribution in [3.63, 3.8) is 0 Å². The highest BCUT2D eigenvalue weighted by atomic mass is 16.2. The average Bonchev–Trinajstić information content (AvgIpc) is 2.89. The van der Waals surface area contributed by atoms with Gasteiger partial charge in [-0.15, -0.1) is 0 Å². The summed E-state index contributed by atoms with van der Waals surface area (Å²) in [6.07, 6.45) is 1.22. The van der Waals surface area contributed by atoms with Crippen molar-refractivity contribution in [3.8, 4) is 0 Å². The molecule has 1 aromatic carbocycles. The van der Waals surface area contributed by atoms with Crippen LogP contribution in [0.15, 0.2) is 24.3 Å². The Morgan fingerprint density at radius 1 is 1.36 bits per heavy atom. The average molecular weight is 303 g/mol. The number of hydrogen-bond donors (Lipinski definition) is 1. The van der Waals surface area contributed by atoms with Gasteiger partial charge in [0.05, 0.1) is 5.92 Å². The Bertz CT molecular complexity index is 539. The van der Waals surface area contributed by atoms with Crippen LogP contribution in [-0.4, -0.2) is 43.4 Å². The lowest BCUT2D eigenvalue weighted by molar-refractivity contribution is -0.129. The maximum Gasteiger partial charge on any atom is 0.229 e. The minimum Gasteiger partial charge on any atom is -0.378 e. The zero-order valence-corrected chi connectivity index (χ0v) is 13.8. The maximum atomic E-state index is 12.3. The van der Waals surface area contributed by atoms with Gasteiger partial charge < -0.3 is 15.1 Å². The second-order valence-electron chi connectivity index (χ2n) is 6.13. The standard InChI is InChI=1S/C17H25N3O2/c1-5-12(2)20-11-13(10-16(20)21)17(22)18-14-6-8-15(9-7-14)19(3)4/h6-9,12-13H,5,10-11H2,1-4H3,(H,18,22). The van der Waals surface area contributed by atoms with E-state index in [4.69, 9.17) is 0 Å². The summed E-state index contributed by atoms with van der Waals surface area (Å²) in [7, 11) is 3.95. The van der Waals surface area contributed by atoms with Crippen molar-refractivity contribution in [1.82, 2.24) is 4.90 Å². The van der Waals surface area contributed by atoms with Gasteiger partial charge in [0.15, 0.2) is 0 Å². The van der Waals surface area contributed by atoms with Gasteiger partial charge >= 0.3 is 0 Å². The molecule has 2 amide bonds. The monoisotopic (exact) mass is 303 g/mol. The normalized spacial score (nSPS) is 19.2. The van der Waals surface area contributed by atoms with Crippen molar-refractivity contribution >= 4 is 23.2 Å². The fraction of sp³-hybridized carbons (Fsp3) is 0.529. The predicted molar refractivity (Wildman–Crippen MR) is 89.0 cm³/mol. The molecular formula is C17H25N3O2. The molecule has 0 saturated carbocycles. The third-order valence-corrected chi connectivity index (χ3v) is 4.30. The van der Waals surface area contributed by atoms with E-state index in [0.29, 0.717) is 13.0 Å². The van der Waals surface area contributed by atoms with E-state index in [1.807, 2.05) is 55.1 Å². The molecule has 2 unspecified atom stereocenters. The van der Waals surface area contributed by atoms with E-state index in [2.05, 4.69) is 12.2 Å². The first-order valence-corrected chi connectivity index (χ1v) is 7.80. The molecule has 1 fully saturated rings. The van der Waals surface area contributed by atoms with E-state index >= 15 is 0 Å². The minimum absolute atomic E-state index is 0.0724. The second-order valence-corrected chi connectivity index (χ2v) is 6.13. The molecule has 1 saturated heterocycles. The molecule has 1 heterocycles. The molecule has 1 aromatic rings. The fourth-order valence-electron chi connectivity index (χ4n) is 2.64. The van der Waals surface area contributed by atoms with Crippen LogP contribution in [0.3, 0.4) is 0 Å². The van der Waals surface area contributed by atoms with Crippen molar-refractivity contribution in [2.45, 2.75) is 32.7 Å². The van der Waals surface area contributed by atoms with Gasteiger partial charge in [-0.25, -0.2) is 0 Å². The summed E-state index contributed by atoms with van der Waals surface area (Å²) in [5.41, 5.74) is 1.85. The van der Waals surface area contributed by atoms with E-state index < -0.39 is 0 Å². The summed E-state index contributed by atoms with van der Waals surface area (Å²) in [4.78, 5) is 28.2. The van der Waals surface area contributed by atoms with Gasteiger partial charge in [-0.1, -0.05) is 6.92 Å². The Morgan fingerprint density at radius 3 is 2.55 bits per heavy atom. The number of carbonyl (C=O) groups is 2. The first-order valence-electron chi connectivity index (χ1n) is 7.80. The van der Waals surface area contributed by atoms with Crippen molar-refractivity contribution in [2.24, 2.45) is 5.92 Å². The molecule has 0 aromatic heterocycles. The van der Waals surface area contributed by atoms with Crippen LogP contribution in [0.25, 0.3) is 0 Å². The number of rotatable bonds is 5. The third-order valence-electron chi connectivity index (χ3n) is 4.30. The first-order chi connectivity index (χ1) is 10.4. The van der Waals surface area contributed by atoms with E-state index in [9.17, 15) is 9.59 Å². The predicted octanol–water partition coefficient (Wildman–Crippen LogP) is 2.34. The molecule has 22 heavy (non-hydrogen) atoms. The number of benzene rings is 1. The molecular weight excluding hydrogens is 278 g/mol. The molecule has 5 nitrogen and oxygen atoms in total. The molecule has 2 atom stereocenters. The number of amides is 2. The van der Waals surface area contributed by atoms with Gasteiger partial charge in [-0.05, 0) is 37.6 Å². The van der Waals surface area contributed by atoms with E-state index in [1.165, 1.54) is 0 Å². The van der Waals surface area contributed by atoms with Crippen LogP contribution in [0.5, 0.6) is 0 Å². The Kier molecular flexibility index (Phi) is 5.06. The highest BCUT2D eigenvalue weighted by molar-refractivity contribution is 5.97. The summed E-state index contributed by atoms with van der Waals surface area (Å²) in [6, 6.07) is 7.89. The topological polar surface area (TPSA) is 52.7 Å². The maximum absolute atomic E-state index is 12.3. The zero-order valence-electron chi connectivity index (χ0n) is 13.8. The van der Waals surface area contributed by atoms with Gasteiger partial charge in [-0.3, -0.25) is 9.59 Å². The number of hydrogen-bond acceptors (Lipinski definition) is 3. The highest BCUT2D eigenvalue weighted by Gasteiger charge is 2.36. The SMILES string of the molecule is CCC(C)N1CC(C(=O)Nc2ccc(N(C)C)cc2)CC1=O. The molecule has 5 heteroatoms. The molecule has 1 N–H and O–H groups in total. The smallest absolute Gasteiger partial charge is 0.229 e. The van der Waals surface area contributed by atoms with E-state index in [-0.39, 0.29) is 23.8 Å². The summed E-state index contributed by atoms with van der Waals surface area (Å²) >= 11 is 0. The van der Waals surface area contributed by atoms with Gasteiger partial charge in [0.1, 0.15) is 0 Å². The lowest BCUT2D eigenvalue weighted by atomic mass is 10.1. The number of nitrogens with one attached hydrogen (secondary N) is 1. The summed E-state index contributed by atoms with van der Waals surface area (Å²) in [6.45, 7) is 4.60. The van der Waals surface area contributed by atoms with Crippen LogP contribution in [0.2, 0.25) is 0 Å². The third kappa shape index (κ3) is 3.59. The van der Waals surface area contributed by atoms with Gasteiger partial charge in [0.25, 0.3) is 0 Å². The summed E-state index contributed by atoms with van der Waals surface area (Å²) in [5, 5.41) is 2.91. The van der Waals surface area contributed by atoms with Gasteiger partial charge in [-0.2, -0.15) is 0 Å². The molecule has 0 spiro atoms. The summed E-state index contributed by atoms with van der Waals surface area (Å²) < 4.78 is 0. The largest absolute Gasteiger partial charge is 0.378 e. The van der Waals surface area contributed by atoms with E-state index in [0.717, 1.165) is 17.8 Å². The van der Waals surface area contributed by atoms with Gasteiger partial charge in [0, 0.05) is 44.5 Å². The van der Waals surface area contributed by atoms with Crippen molar-refractivity contribution in [2.75, 3.05) is 30.9 Å². The minimum atomic E-state index is -0.255. The second kappa shape index (κ2) is 6.81. The zero-order chi connectivity index (χ0) is 16.3. The molecule has 0 aliphatic carbocycles. The van der Waals surface area contributed by atoms with Crippen LogP contribution < -0.4 is 10.2 Å². The van der Waals surface area contributed by atoms with Crippen molar-refractivity contribution < 1.29 is 9.59 Å². The Labute approximate surface area is 132 Å². The van der Waals surface area contributed by atoms with Gasteiger partial charge in [0.2, 0.25) is 11.8 Å². The Morgan fingerprint density at radius 2 is 2.00 bits per heavy atom. The molecule has 2 rings (SSSR count). The van der Waals surface area contributed by atoms with Crippen LogP contribution in [0.1, 0.15) is 26.7 Å². The lowest BCUT2D eigenvalue weighted by Gasteiger charge is -2.23. The van der Waals surface area contributed by atoms with Crippen LogP contribution in [0, 0.1) is 5.92 Å². The quantitative estimate of drug-likeness (QED) is 0.908. The van der Waals surface area contributed by atoms with Crippen LogP contribution in [0.4, 0.5) is 11.4 Å². The summed E-state index contributed by atoms with van der Waals surface area (Å²) in [5.74, 6) is -0.246. The molecule has 1 aliphatic rings. The molecule has 0 radical (unpaired) electrons.